The van der Waals surface area contributed by atoms with Gasteiger partial charge in [0.15, 0.2) is 17.6 Å². The van der Waals surface area contributed by atoms with Gasteiger partial charge in [0.2, 0.25) is 0 Å². The average molecular weight is 396 g/mol. The second-order valence-electron chi connectivity index (χ2n) is 7.29. The van der Waals surface area contributed by atoms with Crippen LogP contribution in [0.3, 0.4) is 0 Å². The molecule has 0 aromatic heterocycles. The smallest absolute Gasteiger partial charge is 0.265 e. The Balaban J connectivity index is 1.54. The number of methoxy groups -OCH3 is 1. The Hall–Kier alpha value is -3.02. The molecule has 0 aliphatic heterocycles. The van der Waals surface area contributed by atoms with Gasteiger partial charge < -0.3 is 20.1 Å². The van der Waals surface area contributed by atoms with Crippen molar-refractivity contribution in [2.75, 3.05) is 12.4 Å². The summed E-state index contributed by atoms with van der Waals surface area (Å²) in [6.45, 7) is 1.67. The van der Waals surface area contributed by atoms with Crippen LogP contribution in [0.1, 0.15) is 49.4 Å². The van der Waals surface area contributed by atoms with Crippen molar-refractivity contribution < 1.29 is 19.1 Å². The molecule has 154 valence electrons. The normalized spacial score (nSPS) is 15.2. The summed E-state index contributed by atoms with van der Waals surface area (Å²) in [4.78, 5) is 24.8. The first-order chi connectivity index (χ1) is 14.1. The first kappa shape index (κ1) is 20.7. The van der Waals surface area contributed by atoms with Crippen LogP contribution in [0.4, 0.5) is 5.69 Å². The van der Waals surface area contributed by atoms with Gasteiger partial charge in [0.05, 0.1) is 7.11 Å². The minimum Gasteiger partial charge on any atom is -0.493 e. The van der Waals surface area contributed by atoms with E-state index in [9.17, 15) is 9.59 Å². The molecule has 2 N–H and O–H groups in total. The van der Waals surface area contributed by atoms with Gasteiger partial charge in [-0.15, -0.1) is 0 Å². The van der Waals surface area contributed by atoms with Gasteiger partial charge in [-0.3, -0.25) is 9.59 Å². The Kier molecular flexibility index (Phi) is 7.11. The molecule has 1 unspecified atom stereocenters. The van der Waals surface area contributed by atoms with Gasteiger partial charge in [-0.2, -0.15) is 0 Å². The van der Waals surface area contributed by atoms with Crippen LogP contribution in [0.25, 0.3) is 0 Å². The maximum absolute atomic E-state index is 12.4. The third-order valence-electron chi connectivity index (χ3n) is 5.10. The van der Waals surface area contributed by atoms with E-state index in [1.165, 1.54) is 19.3 Å². The van der Waals surface area contributed by atoms with Crippen LogP contribution in [-0.2, 0) is 4.79 Å². The van der Waals surface area contributed by atoms with E-state index in [1.807, 2.05) is 12.1 Å². The van der Waals surface area contributed by atoms with E-state index < -0.39 is 6.10 Å². The Morgan fingerprint density at radius 3 is 2.28 bits per heavy atom. The lowest BCUT2D eigenvalue weighted by Crippen LogP contribution is -2.36. The van der Waals surface area contributed by atoms with Crippen LogP contribution in [-0.4, -0.2) is 31.1 Å². The molecule has 29 heavy (non-hydrogen) atoms. The van der Waals surface area contributed by atoms with Crippen LogP contribution in [0.2, 0.25) is 0 Å². The largest absolute Gasteiger partial charge is 0.493 e. The molecule has 2 aromatic rings. The lowest BCUT2D eigenvalue weighted by molar-refractivity contribution is -0.122. The van der Waals surface area contributed by atoms with Gasteiger partial charge in [-0.1, -0.05) is 31.4 Å². The van der Waals surface area contributed by atoms with E-state index in [-0.39, 0.29) is 17.9 Å². The molecule has 2 amide bonds. The van der Waals surface area contributed by atoms with Crippen molar-refractivity contribution >= 4 is 17.5 Å². The molecule has 0 heterocycles. The van der Waals surface area contributed by atoms with Crippen molar-refractivity contribution in [3.05, 3.63) is 54.1 Å². The van der Waals surface area contributed by atoms with E-state index in [0.29, 0.717) is 22.7 Å². The first-order valence-corrected chi connectivity index (χ1v) is 10.1. The van der Waals surface area contributed by atoms with Crippen LogP contribution >= 0.6 is 0 Å². The number of rotatable bonds is 7. The summed E-state index contributed by atoms with van der Waals surface area (Å²) < 4.78 is 11.0. The van der Waals surface area contributed by atoms with E-state index in [0.717, 1.165) is 12.8 Å². The second-order valence-corrected chi connectivity index (χ2v) is 7.29. The zero-order valence-electron chi connectivity index (χ0n) is 16.9. The van der Waals surface area contributed by atoms with Crippen LogP contribution in [0, 0.1) is 0 Å². The molecule has 3 rings (SSSR count). The molecule has 1 fully saturated rings. The monoisotopic (exact) mass is 396 g/mol. The number of hydrogen-bond acceptors (Lipinski definition) is 4. The van der Waals surface area contributed by atoms with E-state index >= 15 is 0 Å². The molecule has 1 aliphatic carbocycles. The number of carbonyl (C=O) groups excluding carboxylic acids is 2. The fraction of sp³-hybridized carbons (Fsp3) is 0.391. The summed E-state index contributed by atoms with van der Waals surface area (Å²) in [6, 6.07) is 14.3. The molecule has 6 heteroatoms. The summed E-state index contributed by atoms with van der Waals surface area (Å²) in [5, 5.41) is 5.90. The molecule has 0 radical (unpaired) electrons. The molecular formula is C23H28N2O4. The standard InChI is InChI=1S/C23H28N2O4/c1-16(29-21-11-7-6-10-20(21)28-2)22(26)24-19-14-12-17(13-15-19)23(27)25-18-8-4-3-5-9-18/h6-7,10-16,18H,3-5,8-9H2,1-2H3,(H,24,26)(H,25,27). The van der Waals surface area contributed by atoms with Crippen molar-refractivity contribution in [3.8, 4) is 11.5 Å². The minimum absolute atomic E-state index is 0.0670. The minimum atomic E-state index is -0.708. The summed E-state index contributed by atoms with van der Waals surface area (Å²) in [7, 11) is 1.55. The molecule has 0 spiro atoms. The highest BCUT2D eigenvalue weighted by atomic mass is 16.5. The highest BCUT2D eigenvalue weighted by molar-refractivity contribution is 5.97. The maximum Gasteiger partial charge on any atom is 0.265 e. The maximum atomic E-state index is 12.4. The molecular weight excluding hydrogens is 368 g/mol. The van der Waals surface area contributed by atoms with Crippen molar-refractivity contribution in [1.82, 2.24) is 5.32 Å². The number of hydrogen-bond donors (Lipinski definition) is 2. The zero-order valence-corrected chi connectivity index (χ0v) is 16.9. The fourth-order valence-electron chi connectivity index (χ4n) is 3.42. The molecule has 6 nitrogen and oxygen atoms in total. The third kappa shape index (κ3) is 5.73. The van der Waals surface area contributed by atoms with Crippen LogP contribution in [0.15, 0.2) is 48.5 Å². The summed E-state index contributed by atoms with van der Waals surface area (Å²) >= 11 is 0. The second kappa shape index (κ2) is 9.96. The van der Waals surface area contributed by atoms with Gasteiger partial charge in [-0.05, 0) is 56.2 Å². The van der Waals surface area contributed by atoms with Crippen molar-refractivity contribution in [2.24, 2.45) is 0 Å². The van der Waals surface area contributed by atoms with Gasteiger partial charge in [0, 0.05) is 17.3 Å². The Morgan fingerprint density at radius 1 is 0.966 bits per heavy atom. The predicted octanol–water partition coefficient (Wildman–Crippen LogP) is 4.16. The molecule has 1 saturated carbocycles. The first-order valence-electron chi connectivity index (χ1n) is 10.1. The number of nitrogens with one attached hydrogen (secondary N) is 2. The summed E-state index contributed by atoms with van der Waals surface area (Å²) in [5.74, 6) is 0.728. The zero-order chi connectivity index (χ0) is 20.6. The average Bonchev–Trinajstić information content (AvgIpc) is 2.75. The highest BCUT2D eigenvalue weighted by Gasteiger charge is 2.18. The number of amides is 2. The highest BCUT2D eigenvalue weighted by Crippen LogP contribution is 2.27. The third-order valence-corrected chi connectivity index (χ3v) is 5.10. The van der Waals surface area contributed by atoms with E-state index in [2.05, 4.69) is 10.6 Å². The fourth-order valence-corrected chi connectivity index (χ4v) is 3.42. The molecule has 1 atom stereocenters. The number of anilines is 1. The predicted molar refractivity (Wildman–Crippen MR) is 112 cm³/mol. The number of ether oxygens (including phenoxy) is 2. The lowest BCUT2D eigenvalue weighted by Gasteiger charge is -2.22. The van der Waals surface area contributed by atoms with Crippen LogP contribution in [0.5, 0.6) is 11.5 Å². The topological polar surface area (TPSA) is 76.7 Å². The van der Waals surface area contributed by atoms with E-state index in [4.69, 9.17) is 9.47 Å². The SMILES string of the molecule is COc1ccccc1OC(C)C(=O)Nc1ccc(C(=O)NC2CCCCC2)cc1. The molecule has 0 bridgehead atoms. The number of para-hydroxylation sites is 2. The van der Waals surface area contributed by atoms with Gasteiger partial charge in [-0.25, -0.2) is 0 Å². The number of carbonyl (C=O) groups is 2. The molecule has 2 aromatic carbocycles. The Labute approximate surface area is 171 Å². The Bertz CT molecular complexity index is 829. The van der Waals surface area contributed by atoms with Crippen molar-refractivity contribution in [2.45, 2.75) is 51.2 Å². The van der Waals surface area contributed by atoms with Crippen LogP contribution < -0.4 is 20.1 Å². The molecule has 0 saturated heterocycles. The van der Waals surface area contributed by atoms with Gasteiger partial charge >= 0.3 is 0 Å². The Morgan fingerprint density at radius 2 is 1.62 bits per heavy atom. The van der Waals surface area contributed by atoms with Crippen molar-refractivity contribution in [1.29, 1.82) is 0 Å². The van der Waals surface area contributed by atoms with Gasteiger partial charge in [0.1, 0.15) is 0 Å². The summed E-state index contributed by atoms with van der Waals surface area (Å²) in [5.41, 5.74) is 1.20. The van der Waals surface area contributed by atoms with Gasteiger partial charge in [0.25, 0.3) is 11.8 Å². The summed E-state index contributed by atoms with van der Waals surface area (Å²) in [6.07, 6.45) is 4.98. The van der Waals surface area contributed by atoms with E-state index in [1.54, 1.807) is 50.4 Å². The quantitative estimate of drug-likeness (QED) is 0.737. The number of benzene rings is 2. The van der Waals surface area contributed by atoms with Crippen molar-refractivity contribution in [3.63, 3.8) is 0 Å². The lowest BCUT2D eigenvalue weighted by atomic mass is 9.95. The molecule has 1 aliphatic rings.